The van der Waals surface area contributed by atoms with E-state index in [0.717, 1.165) is 46.9 Å². The summed E-state index contributed by atoms with van der Waals surface area (Å²) in [6.07, 6.45) is 4.46. The van der Waals surface area contributed by atoms with Crippen LogP contribution in [-0.4, -0.2) is 14.5 Å². The SMILES string of the molecule is CCCn1c(-c2c(Cl)cccc2Cl)nc(-c2ccncc2)c1-c1ccc(Cl)cc1. The number of imidazole rings is 1. The number of hydrogen-bond acceptors (Lipinski definition) is 2. The Hall–Kier alpha value is -2.33. The fourth-order valence-electron chi connectivity index (χ4n) is 3.41. The quantitative estimate of drug-likeness (QED) is 0.318. The van der Waals surface area contributed by atoms with Crippen LogP contribution in [-0.2, 0) is 6.54 Å². The van der Waals surface area contributed by atoms with Crippen LogP contribution in [0.5, 0.6) is 0 Å². The van der Waals surface area contributed by atoms with E-state index in [1.807, 2.05) is 54.6 Å². The molecule has 0 bridgehead atoms. The van der Waals surface area contributed by atoms with E-state index in [9.17, 15) is 0 Å². The number of pyridine rings is 1. The van der Waals surface area contributed by atoms with E-state index in [-0.39, 0.29) is 0 Å². The molecule has 0 fully saturated rings. The summed E-state index contributed by atoms with van der Waals surface area (Å²) in [7, 11) is 0. The lowest BCUT2D eigenvalue weighted by Gasteiger charge is -2.14. The Morgan fingerprint density at radius 2 is 1.48 bits per heavy atom. The Balaban J connectivity index is 2.06. The predicted octanol–water partition coefficient (Wildman–Crippen LogP) is 7.65. The molecular formula is C23H18Cl3N3. The maximum atomic E-state index is 6.55. The topological polar surface area (TPSA) is 30.7 Å². The van der Waals surface area contributed by atoms with E-state index in [1.165, 1.54) is 0 Å². The fourth-order valence-corrected chi connectivity index (χ4v) is 4.10. The summed E-state index contributed by atoms with van der Waals surface area (Å²) in [6.45, 7) is 2.91. The van der Waals surface area contributed by atoms with Crippen molar-refractivity contribution < 1.29 is 0 Å². The molecule has 0 spiro atoms. The first-order valence-electron chi connectivity index (χ1n) is 9.31. The summed E-state index contributed by atoms with van der Waals surface area (Å²) in [5.74, 6) is 0.749. The second kappa shape index (κ2) is 8.58. The summed E-state index contributed by atoms with van der Waals surface area (Å²) in [5, 5.41) is 1.84. The molecule has 0 unspecified atom stereocenters. The third kappa shape index (κ3) is 3.91. The van der Waals surface area contributed by atoms with Crippen LogP contribution in [0.1, 0.15) is 13.3 Å². The van der Waals surface area contributed by atoms with Crippen molar-refractivity contribution in [3.05, 3.63) is 82.1 Å². The number of benzene rings is 2. The van der Waals surface area contributed by atoms with E-state index in [4.69, 9.17) is 39.8 Å². The van der Waals surface area contributed by atoms with Crippen LogP contribution in [0.15, 0.2) is 67.0 Å². The largest absolute Gasteiger partial charge is 0.323 e. The molecule has 0 aliphatic rings. The molecule has 3 nitrogen and oxygen atoms in total. The molecule has 0 saturated carbocycles. The highest BCUT2D eigenvalue weighted by Gasteiger charge is 2.23. The molecule has 2 aromatic carbocycles. The molecule has 0 atom stereocenters. The van der Waals surface area contributed by atoms with Gasteiger partial charge in [-0.1, -0.05) is 59.9 Å². The minimum absolute atomic E-state index is 0.573. The van der Waals surface area contributed by atoms with Crippen LogP contribution >= 0.6 is 34.8 Å². The van der Waals surface area contributed by atoms with Gasteiger partial charge in [-0.25, -0.2) is 4.98 Å². The minimum atomic E-state index is 0.573. The lowest BCUT2D eigenvalue weighted by molar-refractivity contribution is 0.691. The molecule has 4 aromatic rings. The van der Waals surface area contributed by atoms with E-state index in [0.29, 0.717) is 15.1 Å². The monoisotopic (exact) mass is 441 g/mol. The van der Waals surface area contributed by atoms with Crippen LogP contribution in [0, 0.1) is 0 Å². The molecule has 0 N–H and O–H groups in total. The minimum Gasteiger partial charge on any atom is -0.323 e. The Kier molecular flexibility index (Phi) is 5.91. The van der Waals surface area contributed by atoms with Crippen LogP contribution < -0.4 is 0 Å². The van der Waals surface area contributed by atoms with Gasteiger partial charge in [0.05, 0.1) is 27.0 Å². The highest BCUT2D eigenvalue weighted by molar-refractivity contribution is 6.39. The lowest BCUT2D eigenvalue weighted by atomic mass is 10.1. The molecule has 4 rings (SSSR count). The fraction of sp³-hybridized carbons (Fsp3) is 0.130. The first-order chi connectivity index (χ1) is 14.1. The van der Waals surface area contributed by atoms with Gasteiger partial charge in [-0.05, 0) is 42.8 Å². The molecular weight excluding hydrogens is 425 g/mol. The van der Waals surface area contributed by atoms with Crippen molar-refractivity contribution in [1.82, 2.24) is 14.5 Å². The summed E-state index contributed by atoms with van der Waals surface area (Å²) in [4.78, 5) is 9.17. The standard InChI is InChI=1S/C23H18Cl3N3/c1-2-14-29-22(16-6-8-17(24)9-7-16)21(15-10-12-27-13-11-15)28-23(29)20-18(25)4-3-5-19(20)26/h3-13H,2,14H2,1H3. The van der Waals surface area contributed by atoms with Crippen molar-refractivity contribution in [2.45, 2.75) is 19.9 Å². The Bertz CT molecular complexity index is 1120. The number of aromatic nitrogens is 3. The number of nitrogens with zero attached hydrogens (tertiary/aromatic N) is 3. The summed E-state index contributed by atoms with van der Waals surface area (Å²) in [6, 6.07) is 17.2. The van der Waals surface area contributed by atoms with Crippen LogP contribution in [0.4, 0.5) is 0 Å². The summed E-state index contributed by atoms with van der Waals surface area (Å²) >= 11 is 19.2. The number of halogens is 3. The molecule has 29 heavy (non-hydrogen) atoms. The Labute approximate surface area is 184 Å². The summed E-state index contributed by atoms with van der Waals surface area (Å²) in [5.41, 5.74) is 4.59. The van der Waals surface area contributed by atoms with Crippen molar-refractivity contribution in [2.24, 2.45) is 0 Å². The molecule has 0 radical (unpaired) electrons. The summed E-state index contributed by atoms with van der Waals surface area (Å²) < 4.78 is 2.19. The number of rotatable bonds is 5. The molecule has 146 valence electrons. The normalized spacial score (nSPS) is 11.0. The predicted molar refractivity (Wildman–Crippen MR) is 122 cm³/mol. The molecule has 0 amide bonds. The average molecular weight is 443 g/mol. The molecule has 2 aromatic heterocycles. The van der Waals surface area contributed by atoms with E-state index in [2.05, 4.69) is 16.5 Å². The smallest absolute Gasteiger partial charge is 0.144 e. The van der Waals surface area contributed by atoms with Crippen LogP contribution in [0.25, 0.3) is 33.9 Å². The van der Waals surface area contributed by atoms with Crippen molar-refractivity contribution in [3.8, 4) is 33.9 Å². The molecule has 6 heteroatoms. The Morgan fingerprint density at radius 1 is 0.828 bits per heavy atom. The molecule has 0 saturated heterocycles. The molecule has 0 aliphatic carbocycles. The van der Waals surface area contributed by atoms with Gasteiger partial charge in [-0.3, -0.25) is 4.98 Å². The third-order valence-electron chi connectivity index (χ3n) is 4.67. The lowest BCUT2D eigenvalue weighted by Crippen LogP contribution is -2.03. The van der Waals surface area contributed by atoms with E-state index >= 15 is 0 Å². The van der Waals surface area contributed by atoms with Gasteiger partial charge in [0.2, 0.25) is 0 Å². The van der Waals surface area contributed by atoms with Crippen molar-refractivity contribution in [3.63, 3.8) is 0 Å². The van der Waals surface area contributed by atoms with Crippen LogP contribution in [0.3, 0.4) is 0 Å². The van der Waals surface area contributed by atoms with Gasteiger partial charge in [0.15, 0.2) is 0 Å². The van der Waals surface area contributed by atoms with Gasteiger partial charge in [0.25, 0.3) is 0 Å². The van der Waals surface area contributed by atoms with Crippen molar-refractivity contribution in [1.29, 1.82) is 0 Å². The highest BCUT2D eigenvalue weighted by atomic mass is 35.5. The van der Waals surface area contributed by atoms with Crippen molar-refractivity contribution >= 4 is 34.8 Å². The van der Waals surface area contributed by atoms with E-state index < -0.39 is 0 Å². The zero-order valence-electron chi connectivity index (χ0n) is 15.7. The highest BCUT2D eigenvalue weighted by Crippen LogP contribution is 2.41. The second-order valence-electron chi connectivity index (χ2n) is 6.62. The van der Waals surface area contributed by atoms with Gasteiger partial charge in [0, 0.05) is 35.1 Å². The zero-order chi connectivity index (χ0) is 20.4. The van der Waals surface area contributed by atoms with Gasteiger partial charge in [-0.15, -0.1) is 0 Å². The first-order valence-corrected chi connectivity index (χ1v) is 10.4. The van der Waals surface area contributed by atoms with Crippen molar-refractivity contribution in [2.75, 3.05) is 0 Å². The molecule has 0 aliphatic heterocycles. The Morgan fingerprint density at radius 3 is 2.10 bits per heavy atom. The maximum Gasteiger partial charge on any atom is 0.144 e. The maximum absolute atomic E-state index is 6.55. The zero-order valence-corrected chi connectivity index (χ0v) is 18.0. The first kappa shape index (κ1) is 20.0. The van der Waals surface area contributed by atoms with Gasteiger partial charge in [-0.2, -0.15) is 0 Å². The average Bonchev–Trinajstić information content (AvgIpc) is 3.08. The number of hydrogen-bond donors (Lipinski definition) is 0. The van der Waals surface area contributed by atoms with E-state index in [1.54, 1.807) is 12.4 Å². The van der Waals surface area contributed by atoms with Gasteiger partial charge < -0.3 is 4.57 Å². The second-order valence-corrected chi connectivity index (χ2v) is 7.87. The van der Waals surface area contributed by atoms with Gasteiger partial charge >= 0.3 is 0 Å². The van der Waals surface area contributed by atoms with Gasteiger partial charge in [0.1, 0.15) is 5.82 Å². The van der Waals surface area contributed by atoms with Crippen LogP contribution in [0.2, 0.25) is 15.1 Å². The molecule has 2 heterocycles. The third-order valence-corrected chi connectivity index (χ3v) is 5.55.